The lowest BCUT2D eigenvalue weighted by Gasteiger charge is -2.17. The normalized spacial score (nSPS) is 17.9. The van der Waals surface area contributed by atoms with E-state index in [0.717, 1.165) is 16.8 Å². The average Bonchev–Trinajstić information content (AvgIpc) is 2.80. The highest BCUT2D eigenvalue weighted by Gasteiger charge is 2.28. The fourth-order valence-corrected chi connectivity index (χ4v) is 2.11. The fourth-order valence-electron chi connectivity index (χ4n) is 2.11. The van der Waals surface area contributed by atoms with Crippen molar-refractivity contribution in [2.45, 2.75) is 12.5 Å². The molecule has 0 radical (unpaired) electrons. The minimum absolute atomic E-state index is 0.0668. The van der Waals surface area contributed by atoms with Crippen molar-refractivity contribution < 1.29 is 14.3 Å². The Morgan fingerprint density at radius 2 is 2.44 bits per heavy atom. The predicted octanol–water partition coefficient (Wildman–Crippen LogP) is 1.53. The number of furan rings is 1. The zero-order chi connectivity index (χ0) is 11.3. The molecule has 0 bridgehead atoms. The van der Waals surface area contributed by atoms with Crippen LogP contribution in [0.5, 0.6) is 0 Å². The summed E-state index contributed by atoms with van der Waals surface area (Å²) in [6.07, 6.45) is 2.50. The lowest BCUT2D eigenvalue weighted by Crippen LogP contribution is -2.16. The van der Waals surface area contributed by atoms with Crippen LogP contribution >= 0.6 is 0 Å². The van der Waals surface area contributed by atoms with Crippen molar-refractivity contribution in [2.24, 2.45) is 5.73 Å². The van der Waals surface area contributed by atoms with Gasteiger partial charge in [-0.1, -0.05) is 0 Å². The average molecular weight is 218 g/mol. The second-order valence-electron chi connectivity index (χ2n) is 3.89. The van der Waals surface area contributed by atoms with Gasteiger partial charge in [0.1, 0.15) is 0 Å². The van der Waals surface area contributed by atoms with Crippen molar-refractivity contribution in [3.05, 3.63) is 35.2 Å². The molecule has 5 nitrogen and oxygen atoms in total. The number of H-pyrrole nitrogens is 1. The van der Waals surface area contributed by atoms with Gasteiger partial charge in [0, 0.05) is 17.8 Å². The molecule has 16 heavy (non-hydrogen) atoms. The highest BCUT2D eigenvalue weighted by atomic mass is 16.4. The van der Waals surface area contributed by atoms with E-state index >= 15 is 0 Å². The molecule has 0 amide bonds. The molecule has 1 unspecified atom stereocenters. The van der Waals surface area contributed by atoms with Crippen LogP contribution in [0.15, 0.2) is 22.7 Å². The monoisotopic (exact) mass is 218 g/mol. The zero-order valence-corrected chi connectivity index (χ0v) is 8.36. The Balaban J connectivity index is 2.23. The number of aromatic carboxylic acids is 1. The van der Waals surface area contributed by atoms with Crippen LogP contribution in [-0.2, 0) is 6.42 Å². The first-order chi connectivity index (χ1) is 7.66. The van der Waals surface area contributed by atoms with Crippen molar-refractivity contribution in [1.82, 2.24) is 4.98 Å². The number of carboxylic acid groups (broad SMARTS) is 1. The van der Waals surface area contributed by atoms with Crippen LogP contribution in [0.25, 0.3) is 11.5 Å². The van der Waals surface area contributed by atoms with Gasteiger partial charge in [0.15, 0.2) is 5.76 Å². The Morgan fingerprint density at radius 1 is 1.62 bits per heavy atom. The second-order valence-corrected chi connectivity index (χ2v) is 3.89. The summed E-state index contributed by atoms with van der Waals surface area (Å²) in [5.74, 6) is -0.589. The molecule has 5 heteroatoms. The first-order valence-corrected chi connectivity index (χ1v) is 4.96. The number of hydrogen-bond acceptors (Lipinski definition) is 3. The molecule has 1 aliphatic rings. The SMILES string of the molecule is NC1Cc2cc[nH]c2-c2oc(C(=O)O)cc21. The molecule has 0 aromatic carbocycles. The van der Waals surface area contributed by atoms with E-state index in [1.54, 1.807) is 6.20 Å². The highest BCUT2D eigenvalue weighted by molar-refractivity contribution is 5.86. The van der Waals surface area contributed by atoms with Crippen LogP contribution in [-0.4, -0.2) is 16.1 Å². The maximum absolute atomic E-state index is 10.8. The lowest BCUT2D eigenvalue weighted by molar-refractivity contribution is 0.0663. The Hall–Kier alpha value is -2.01. The third-order valence-corrected chi connectivity index (χ3v) is 2.87. The Kier molecular flexibility index (Phi) is 1.73. The molecule has 2 aromatic heterocycles. The van der Waals surface area contributed by atoms with E-state index in [2.05, 4.69) is 4.98 Å². The van der Waals surface area contributed by atoms with E-state index in [0.29, 0.717) is 12.2 Å². The predicted molar refractivity (Wildman–Crippen MR) is 56.1 cm³/mol. The van der Waals surface area contributed by atoms with Crippen LogP contribution in [0, 0.1) is 0 Å². The Morgan fingerprint density at radius 3 is 3.19 bits per heavy atom. The highest BCUT2D eigenvalue weighted by Crippen LogP contribution is 2.38. The van der Waals surface area contributed by atoms with Crippen molar-refractivity contribution >= 4 is 5.97 Å². The number of rotatable bonds is 1. The van der Waals surface area contributed by atoms with Crippen LogP contribution in [0.1, 0.15) is 27.7 Å². The number of fused-ring (bicyclic) bond motifs is 3. The van der Waals surface area contributed by atoms with E-state index < -0.39 is 5.97 Å². The molecule has 0 saturated carbocycles. The van der Waals surface area contributed by atoms with Crippen molar-refractivity contribution in [3.63, 3.8) is 0 Å². The topological polar surface area (TPSA) is 92.3 Å². The first kappa shape index (κ1) is 9.23. The van der Waals surface area contributed by atoms with Gasteiger partial charge in [-0.15, -0.1) is 0 Å². The van der Waals surface area contributed by atoms with Gasteiger partial charge in [0.25, 0.3) is 0 Å². The summed E-state index contributed by atoms with van der Waals surface area (Å²) in [5.41, 5.74) is 8.62. The maximum Gasteiger partial charge on any atom is 0.371 e. The van der Waals surface area contributed by atoms with Gasteiger partial charge in [-0.25, -0.2) is 4.79 Å². The van der Waals surface area contributed by atoms with Crippen LogP contribution in [0.3, 0.4) is 0 Å². The molecule has 1 atom stereocenters. The number of nitrogens with one attached hydrogen (secondary N) is 1. The van der Waals surface area contributed by atoms with Gasteiger partial charge in [-0.2, -0.15) is 0 Å². The Bertz CT molecular complexity index is 568. The van der Waals surface area contributed by atoms with Crippen molar-refractivity contribution in [2.75, 3.05) is 0 Å². The summed E-state index contributed by atoms with van der Waals surface area (Å²) in [7, 11) is 0. The quantitative estimate of drug-likeness (QED) is 0.676. The molecule has 2 aromatic rings. The number of hydrogen-bond donors (Lipinski definition) is 3. The number of aromatic amines is 1. The van der Waals surface area contributed by atoms with Gasteiger partial charge >= 0.3 is 5.97 Å². The molecular formula is C11H10N2O3. The number of carbonyl (C=O) groups is 1. The number of aromatic nitrogens is 1. The smallest absolute Gasteiger partial charge is 0.371 e. The van der Waals surface area contributed by atoms with Gasteiger partial charge in [0.2, 0.25) is 5.76 Å². The summed E-state index contributed by atoms with van der Waals surface area (Å²) in [5, 5.41) is 8.87. The van der Waals surface area contributed by atoms with Gasteiger partial charge < -0.3 is 20.2 Å². The molecule has 2 heterocycles. The molecular weight excluding hydrogens is 208 g/mol. The minimum atomic E-state index is -1.07. The summed E-state index contributed by atoms with van der Waals surface area (Å²) in [6.45, 7) is 0. The standard InChI is InChI=1S/C11H10N2O3/c12-7-3-5-1-2-13-9(5)10-6(7)4-8(16-10)11(14)15/h1-2,4,7,13H,3,12H2,(H,14,15). The first-order valence-electron chi connectivity index (χ1n) is 4.96. The van der Waals surface area contributed by atoms with Crippen molar-refractivity contribution in [1.29, 1.82) is 0 Å². The molecule has 3 rings (SSSR count). The largest absolute Gasteiger partial charge is 0.475 e. The summed E-state index contributed by atoms with van der Waals surface area (Å²) >= 11 is 0. The summed E-state index contributed by atoms with van der Waals surface area (Å²) in [6, 6.07) is 3.24. The molecule has 82 valence electrons. The van der Waals surface area contributed by atoms with E-state index in [1.807, 2.05) is 6.07 Å². The second kappa shape index (κ2) is 2.99. The van der Waals surface area contributed by atoms with E-state index in [-0.39, 0.29) is 11.8 Å². The van der Waals surface area contributed by atoms with Crippen LogP contribution < -0.4 is 5.73 Å². The molecule has 4 N–H and O–H groups in total. The summed E-state index contributed by atoms with van der Waals surface area (Å²) < 4.78 is 5.31. The van der Waals surface area contributed by atoms with Gasteiger partial charge in [-0.05, 0) is 24.1 Å². The van der Waals surface area contributed by atoms with E-state index in [4.69, 9.17) is 15.3 Å². The molecule has 0 fully saturated rings. The number of nitrogens with two attached hydrogens (primary N) is 1. The maximum atomic E-state index is 10.8. The number of carboxylic acids is 1. The molecule has 0 spiro atoms. The third kappa shape index (κ3) is 1.12. The van der Waals surface area contributed by atoms with Crippen LogP contribution in [0.4, 0.5) is 0 Å². The van der Waals surface area contributed by atoms with E-state index in [9.17, 15) is 4.79 Å². The molecule has 1 aliphatic carbocycles. The van der Waals surface area contributed by atoms with Crippen LogP contribution in [0.2, 0.25) is 0 Å². The van der Waals surface area contributed by atoms with E-state index in [1.165, 1.54) is 6.07 Å². The lowest BCUT2D eigenvalue weighted by atomic mass is 9.92. The third-order valence-electron chi connectivity index (χ3n) is 2.87. The summed E-state index contributed by atoms with van der Waals surface area (Å²) in [4.78, 5) is 13.9. The van der Waals surface area contributed by atoms with Gasteiger partial charge in [0.05, 0.1) is 5.69 Å². The Labute approximate surface area is 90.9 Å². The zero-order valence-electron chi connectivity index (χ0n) is 8.36. The van der Waals surface area contributed by atoms with Crippen molar-refractivity contribution in [3.8, 4) is 11.5 Å². The molecule has 0 aliphatic heterocycles. The van der Waals surface area contributed by atoms with Gasteiger partial charge in [-0.3, -0.25) is 0 Å². The molecule has 0 saturated heterocycles. The fraction of sp³-hybridized carbons (Fsp3) is 0.182. The minimum Gasteiger partial charge on any atom is -0.475 e.